The van der Waals surface area contributed by atoms with Crippen molar-refractivity contribution in [2.45, 2.75) is 57.5 Å². The number of halogens is 1. The summed E-state index contributed by atoms with van der Waals surface area (Å²) in [5.41, 5.74) is 1.69. The van der Waals surface area contributed by atoms with Crippen molar-refractivity contribution in [2.75, 3.05) is 5.32 Å². The van der Waals surface area contributed by atoms with Gasteiger partial charge in [0, 0.05) is 29.8 Å². The van der Waals surface area contributed by atoms with Crippen LogP contribution in [0.1, 0.15) is 63.0 Å². The van der Waals surface area contributed by atoms with Gasteiger partial charge in [0.05, 0.1) is 5.52 Å². The number of pyridine rings is 2. The summed E-state index contributed by atoms with van der Waals surface area (Å²) in [7, 11) is 0. The first kappa shape index (κ1) is 23.4. The molecular weight excluding hydrogens is 441 g/mol. The Balaban J connectivity index is 1.15. The Morgan fingerprint density at radius 3 is 2.57 bits per heavy atom. The Morgan fingerprint density at radius 2 is 1.89 bits per heavy atom. The molecule has 2 saturated carbocycles. The average Bonchev–Trinajstić information content (AvgIpc) is 3.36. The van der Waals surface area contributed by atoms with Gasteiger partial charge in [0.15, 0.2) is 0 Å². The number of fused-ring (bicyclic) bond motifs is 2. The molecule has 2 fully saturated rings. The summed E-state index contributed by atoms with van der Waals surface area (Å²) in [5, 5.41) is 13.5. The number of anilines is 1. The second kappa shape index (κ2) is 9.39. The van der Waals surface area contributed by atoms with Gasteiger partial charge < -0.3 is 10.4 Å². The lowest BCUT2D eigenvalue weighted by molar-refractivity contribution is -0.117. The molecule has 1 unspecified atom stereocenters. The molecule has 0 saturated heterocycles. The molecule has 0 spiro atoms. The van der Waals surface area contributed by atoms with Crippen LogP contribution in [0.5, 0.6) is 0 Å². The maximum Gasteiger partial charge on any atom is 0.225 e. The first-order valence-electron chi connectivity index (χ1n) is 12.3. The standard InChI is InChI=1S/C29H30FN3O2/c1-29(2,35)9-7-18-3-6-27(32-17-18)33-28(34)13-19-11-20-14-22(15-21(20)12-19)24-8-10-31-26-5-4-23(30)16-25(24)26/h3-6,8,10,16-17,19-22,35H,11-15H2,1-2H3,(H,32,33,34)/t19-,20+,21-,22?. The predicted octanol–water partition coefficient (Wildman–Crippen LogP) is 5.44. The summed E-state index contributed by atoms with van der Waals surface area (Å²) in [6.45, 7) is 3.25. The number of amides is 1. The summed E-state index contributed by atoms with van der Waals surface area (Å²) in [4.78, 5) is 21.3. The van der Waals surface area contributed by atoms with Crippen molar-refractivity contribution < 1.29 is 14.3 Å². The normalized spacial score (nSPS) is 23.5. The third-order valence-corrected chi connectivity index (χ3v) is 7.31. The average molecular weight is 472 g/mol. The van der Waals surface area contributed by atoms with Crippen molar-refractivity contribution in [1.29, 1.82) is 0 Å². The zero-order valence-corrected chi connectivity index (χ0v) is 20.1. The molecule has 2 aliphatic rings. The Hall–Kier alpha value is -3.30. The SMILES string of the molecule is CC(C)(O)C#Cc1ccc(NC(=O)C[C@@H]2C[C@H]3CC(c4ccnc5ccc(F)cc45)C[C@H]3C2)nc1. The maximum absolute atomic E-state index is 13.9. The van der Waals surface area contributed by atoms with Crippen LogP contribution in [-0.4, -0.2) is 26.6 Å². The van der Waals surface area contributed by atoms with Gasteiger partial charge in [-0.3, -0.25) is 9.78 Å². The van der Waals surface area contributed by atoms with Crippen LogP contribution < -0.4 is 5.32 Å². The number of carbonyl (C=O) groups is 1. The Morgan fingerprint density at radius 1 is 1.11 bits per heavy atom. The molecule has 180 valence electrons. The van der Waals surface area contributed by atoms with Gasteiger partial charge in [-0.25, -0.2) is 9.37 Å². The third kappa shape index (κ3) is 5.52. The van der Waals surface area contributed by atoms with E-state index in [0.29, 0.717) is 41.5 Å². The zero-order valence-electron chi connectivity index (χ0n) is 20.1. The van der Waals surface area contributed by atoms with Crippen LogP contribution in [0.3, 0.4) is 0 Å². The number of carbonyl (C=O) groups excluding carboxylic acids is 1. The fourth-order valence-corrected chi connectivity index (χ4v) is 5.88. The molecule has 4 atom stereocenters. The fourth-order valence-electron chi connectivity index (χ4n) is 5.88. The molecule has 2 heterocycles. The monoisotopic (exact) mass is 471 g/mol. The molecule has 6 heteroatoms. The molecule has 1 aromatic carbocycles. The Bertz CT molecular complexity index is 1290. The van der Waals surface area contributed by atoms with Gasteiger partial charge in [-0.2, -0.15) is 0 Å². The number of nitrogens with one attached hydrogen (secondary N) is 1. The second-order valence-corrected chi connectivity index (χ2v) is 10.6. The van der Waals surface area contributed by atoms with E-state index in [2.05, 4.69) is 27.1 Å². The molecule has 1 amide bonds. The van der Waals surface area contributed by atoms with Gasteiger partial charge >= 0.3 is 0 Å². The molecule has 2 aromatic heterocycles. The molecule has 0 bridgehead atoms. The van der Waals surface area contributed by atoms with E-state index in [-0.39, 0.29) is 11.7 Å². The molecule has 3 aromatic rings. The Kier molecular flexibility index (Phi) is 6.29. The predicted molar refractivity (Wildman–Crippen MR) is 134 cm³/mol. The highest BCUT2D eigenvalue weighted by atomic mass is 19.1. The van der Waals surface area contributed by atoms with E-state index in [1.54, 1.807) is 44.3 Å². The lowest BCUT2D eigenvalue weighted by Crippen LogP contribution is -2.16. The van der Waals surface area contributed by atoms with Crippen molar-refractivity contribution in [3.8, 4) is 11.8 Å². The first-order chi connectivity index (χ1) is 16.7. The van der Waals surface area contributed by atoms with Gasteiger partial charge in [0.1, 0.15) is 17.2 Å². The van der Waals surface area contributed by atoms with Gasteiger partial charge in [0.25, 0.3) is 0 Å². The molecular formula is C29H30FN3O2. The van der Waals surface area contributed by atoms with E-state index in [0.717, 1.165) is 36.6 Å². The van der Waals surface area contributed by atoms with Crippen LogP contribution in [0.15, 0.2) is 48.8 Å². The lowest BCUT2D eigenvalue weighted by atomic mass is 9.89. The van der Waals surface area contributed by atoms with Gasteiger partial charge in [0.2, 0.25) is 5.91 Å². The smallest absolute Gasteiger partial charge is 0.225 e. The quantitative estimate of drug-likeness (QED) is 0.497. The number of aliphatic hydroxyl groups is 1. The Labute approximate surface area is 205 Å². The van der Waals surface area contributed by atoms with Crippen LogP contribution in [0.25, 0.3) is 10.9 Å². The molecule has 35 heavy (non-hydrogen) atoms. The minimum atomic E-state index is -1.06. The molecule has 5 nitrogen and oxygen atoms in total. The van der Waals surface area contributed by atoms with E-state index < -0.39 is 5.60 Å². The van der Waals surface area contributed by atoms with Gasteiger partial charge in [-0.05, 0) is 105 Å². The van der Waals surface area contributed by atoms with Crippen molar-refractivity contribution in [3.63, 3.8) is 0 Å². The maximum atomic E-state index is 13.9. The van der Waals surface area contributed by atoms with Crippen LogP contribution in [0, 0.1) is 35.4 Å². The van der Waals surface area contributed by atoms with Crippen molar-refractivity contribution >= 4 is 22.6 Å². The summed E-state index contributed by atoms with van der Waals surface area (Å²) in [5.74, 6) is 7.94. The minimum absolute atomic E-state index is 0.00930. The number of benzene rings is 1. The van der Waals surface area contributed by atoms with Crippen LogP contribution in [0.4, 0.5) is 10.2 Å². The highest BCUT2D eigenvalue weighted by Crippen LogP contribution is 2.53. The summed E-state index contributed by atoms with van der Waals surface area (Å²) in [6, 6.07) is 10.4. The summed E-state index contributed by atoms with van der Waals surface area (Å²) in [6.07, 6.45) is 8.24. The number of rotatable bonds is 4. The number of hydrogen-bond donors (Lipinski definition) is 2. The topological polar surface area (TPSA) is 75.1 Å². The van der Waals surface area contributed by atoms with E-state index in [4.69, 9.17) is 0 Å². The summed E-state index contributed by atoms with van der Waals surface area (Å²) >= 11 is 0. The highest BCUT2D eigenvalue weighted by Gasteiger charge is 2.42. The van der Waals surface area contributed by atoms with Crippen molar-refractivity contribution in [2.24, 2.45) is 17.8 Å². The summed E-state index contributed by atoms with van der Waals surface area (Å²) < 4.78 is 13.9. The third-order valence-electron chi connectivity index (χ3n) is 7.31. The number of hydrogen-bond acceptors (Lipinski definition) is 4. The van der Waals surface area contributed by atoms with Crippen LogP contribution >= 0.6 is 0 Å². The molecule has 0 radical (unpaired) electrons. The number of nitrogens with zero attached hydrogens (tertiary/aromatic N) is 2. The van der Waals surface area contributed by atoms with Crippen molar-refractivity contribution in [1.82, 2.24) is 9.97 Å². The minimum Gasteiger partial charge on any atom is -0.378 e. The molecule has 2 aliphatic carbocycles. The lowest BCUT2D eigenvalue weighted by Gasteiger charge is -2.17. The van der Waals surface area contributed by atoms with Crippen molar-refractivity contribution in [3.05, 3.63) is 65.7 Å². The second-order valence-electron chi connectivity index (χ2n) is 10.6. The van der Waals surface area contributed by atoms with E-state index in [1.165, 1.54) is 11.6 Å². The highest BCUT2D eigenvalue weighted by molar-refractivity contribution is 5.90. The van der Waals surface area contributed by atoms with Crippen LogP contribution in [0.2, 0.25) is 0 Å². The zero-order chi connectivity index (χ0) is 24.6. The molecule has 2 N–H and O–H groups in total. The molecule has 5 rings (SSSR count). The molecule has 0 aliphatic heterocycles. The number of aromatic nitrogens is 2. The van der Waals surface area contributed by atoms with E-state index >= 15 is 0 Å². The van der Waals surface area contributed by atoms with Gasteiger partial charge in [-0.15, -0.1) is 0 Å². The van der Waals surface area contributed by atoms with Crippen LogP contribution in [-0.2, 0) is 4.79 Å². The largest absolute Gasteiger partial charge is 0.378 e. The van der Waals surface area contributed by atoms with Gasteiger partial charge in [-0.1, -0.05) is 11.8 Å². The van der Waals surface area contributed by atoms with E-state index in [1.807, 2.05) is 12.3 Å². The van der Waals surface area contributed by atoms with E-state index in [9.17, 15) is 14.3 Å². The first-order valence-corrected chi connectivity index (χ1v) is 12.3. The fraction of sp³-hybridized carbons (Fsp3) is 0.414.